The lowest BCUT2D eigenvalue weighted by Crippen LogP contribution is -2.50. The second kappa shape index (κ2) is 7.03. The molecule has 0 radical (unpaired) electrons. The summed E-state index contributed by atoms with van der Waals surface area (Å²) in [5, 5.41) is 0. The van der Waals surface area contributed by atoms with Gasteiger partial charge >= 0.3 is 6.18 Å². The van der Waals surface area contributed by atoms with Crippen LogP contribution in [-0.4, -0.2) is 37.3 Å². The highest BCUT2D eigenvalue weighted by molar-refractivity contribution is 7.98. The van der Waals surface area contributed by atoms with Gasteiger partial charge in [0, 0.05) is 13.0 Å². The fourth-order valence-corrected chi connectivity index (χ4v) is 3.80. The fourth-order valence-electron chi connectivity index (χ4n) is 2.97. The molecule has 1 saturated heterocycles. The van der Waals surface area contributed by atoms with E-state index in [0.29, 0.717) is 28.5 Å². The molecule has 0 aliphatic carbocycles. The van der Waals surface area contributed by atoms with Gasteiger partial charge < -0.3 is 14.4 Å². The van der Waals surface area contributed by atoms with Gasteiger partial charge in [0.1, 0.15) is 17.3 Å². The normalized spacial score (nSPS) is 23.8. The summed E-state index contributed by atoms with van der Waals surface area (Å²) in [6, 6.07) is 1.71. The van der Waals surface area contributed by atoms with Crippen molar-refractivity contribution in [2.75, 3.05) is 18.1 Å². The Morgan fingerprint density at radius 3 is 2.84 bits per heavy atom. The predicted molar refractivity (Wildman–Crippen MR) is 90.0 cm³/mol. The van der Waals surface area contributed by atoms with Gasteiger partial charge in [0.15, 0.2) is 0 Å². The van der Waals surface area contributed by atoms with E-state index in [0.717, 1.165) is 0 Å². The third-order valence-corrected chi connectivity index (χ3v) is 4.99. The number of ether oxygens (including phenoxy) is 1. The summed E-state index contributed by atoms with van der Waals surface area (Å²) in [6.07, 6.45) is -4.93. The number of anilines is 1. The molecule has 0 unspecified atom stereocenters. The highest BCUT2D eigenvalue weighted by Crippen LogP contribution is 2.43. The van der Waals surface area contributed by atoms with Gasteiger partial charge in [-0.25, -0.2) is 9.38 Å². The lowest BCUT2D eigenvalue weighted by molar-refractivity contribution is -0.145. The molecule has 0 aromatic heterocycles. The number of alkyl halides is 3. The quantitative estimate of drug-likeness (QED) is 0.625. The number of morpholine rings is 1. The van der Waals surface area contributed by atoms with Gasteiger partial charge in [-0.2, -0.15) is 13.2 Å². The molecule has 1 aromatic carbocycles. The van der Waals surface area contributed by atoms with Crippen LogP contribution in [0.2, 0.25) is 0 Å². The number of hydrogen-bond acceptors (Lipinski definition) is 5. The summed E-state index contributed by atoms with van der Waals surface area (Å²) in [6.45, 7) is 3.91. The second-order valence-corrected chi connectivity index (χ2v) is 7.01. The van der Waals surface area contributed by atoms with Crippen LogP contribution >= 0.6 is 11.9 Å². The van der Waals surface area contributed by atoms with Crippen molar-refractivity contribution in [1.29, 1.82) is 0 Å². The average molecular weight is 377 g/mol. The molecule has 3 rings (SSSR count). The van der Waals surface area contributed by atoms with Crippen molar-refractivity contribution < 1.29 is 22.3 Å². The van der Waals surface area contributed by atoms with E-state index in [1.54, 1.807) is 11.8 Å². The summed E-state index contributed by atoms with van der Waals surface area (Å²) in [7, 11) is 0. The molecule has 25 heavy (non-hydrogen) atoms. The van der Waals surface area contributed by atoms with Crippen molar-refractivity contribution in [3.63, 3.8) is 0 Å². The Labute approximate surface area is 147 Å². The molecule has 9 heteroatoms. The predicted octanol–water partition coefficient (Wildman–Crippen LogP) is 4.42. The summed E-state index contributed by atoms with van der Waals surface area (Å²) < 4.78 is 61.4. The Hall–Kier alpha value is -1.48. The van der Waals surface area contributed by atoms with Crippen molar-refractivity contribution in [3.8, 4) is 0 Å². The minimum atomic E-state index is -4.33. The van der Waals surface area contributed by atoms with Gasteiger partial charge in [0.05, 0.1) is 35.8 Å². The number of nitrogens with zero attached hydrogens (tertiary/aromatic N) is 2. The maximum Gasteiger partial charge on any atom is 0.391 e. The van der Waals surface area contributed by atoms with E-state index in [4.69, 9.17) is 4.74 Å². The van der Waals surface area contributed by atoms with Gasteiger partial charge in [-0.05, 0) is 31.0 Å². The number of benzene rings is 1. The monoisotopic (exact) mass is 377 g/mol. The molecule has 0 amide bonds. The van der Waals surface area contributed by atoms with E-state index in [1.807, 2.05) is 6.92 Å². The first-order valence-electron chi connectivity index (χ1n) is 8.05. The highest BCUT2D eigenvalue weighted by Gasteiger charge is 2.39. The topological polar surface area (TPSA) is 36.9 Å². The number of amidine groups is 1. The molecular formula is C16H19F4N3OS. The molecule has 1 N–H and O–H groups in total. The smallest absolute Gasteiger partial charge is 0.375 e. The fraction of sp³-hybridized carbons (Fsp3) is 0.562. The number of fused-ring (bicyclic) bond motifs is 1. The molecule has 138 valence electrons. The Morgan fingerprint density at radius 2 is 2.16 bits per heavy atom. The lowest BCUT2D eigenvalue weighted by Gasteiger charge is -2.41. The maximum absolute atomic E-state index is 14.1. The van der Waals surface area contributed by atoms with Crippen molar-refractivity contribution >= 4 is 29.2 Å². The molecule has 2 heterocycles. The first kappa shape index (κ1) is 18.3. The SMILES string of the molecule is CCC1=Nc2c(cc(F)cc2N2C[C@@H](C)OC[C@H]2CC(F)(F)F)SN1. The largest absolute Gasteiger partial charge is 0.391 e. The molecule has 0 spiro atoms. The molecule has 4 nitrogen and oxygen atoms in total. The van der Waals surface area contributed by atoms with Crippen LogP contribution in [0.3, 0.4) is 0 Å². The Bertz CT molecular complexity index is 680. The van der Waals surface area contributed by atoms with Gasteiger partial charge in [0.2, 0.25) is 0 Å². The van der Waals surface area contributed by atoms with E-state index in [9.17, 15) is 17.6 Å². The molecule has 1 aromatic rings. The molecule has 0 saturated carbocycles. The minimum Gasteiger partial charge on any atom is -0.375 e. The van der Waals surface area contributed by atoms with Crippen LogP contribution in [0.4, 0.5) is 28.9 Å². The van der Waals surface area contributed by atoms with E-state index in [2.05, 4.69) is 9.71 Å². The van der Waals surface area contributed by atoms with Crippen LogP contribution in [0.15, 0.2) is 22.0 Å². The zero-order chi connectivity index (χ0) is 18.2. The summed E-state index contributed by atoms with van der Waals surface area (Å²) in [5.74, 6) is 0.210. The third-order valence-electron chi connectivity index (χ3n) is 4.12. The average Bonchev–Trinajstić information content (AvgIpc) is 2.54. The van der Waals surface area contributed by atoms with Crippen LogP contribution in [0.5, 0.6) is 0 Å². The van der Waals surface area contributed by atoms with Crippen molar-refractivity contribution in [2.45, 2.75) is 49.9 Å². The highest BCUT2D eigenvalue weighted by atomic mass is 32.2. The van der Waals surface area contributed by atoms with Crippen LogP contribution < -0.4 is 9.62 Å². The molecule has 0 bridgehead atoms. The summed E-state index contributed by atoms with van der Waals surface area (Å²) in [5.41, 5.74) is 0.905. The number of aliphatic imine (C=N–C) groups is 1. The third kappa shape index (κ3) is 4.20. The zero-order valence-corrected chi connectivity index (χ0v) is 14.7. The van der Waals surface area contributed by atoms with Gasteiger partial charge in [-0.15, -0.1) is 0 Å². The molecule has 2 atom stereocenters. The first-order valence-corrected chi connectivity index (χ1v) is 8.87. The van der Waals surface area contributed by atoms with Crippen molar-refractivity contribution in [2.24, 2.45) is 4.99 Å². The van der Waals surface area contributed by atoms with Crippen molar-refractivity contribution in [3.05, 3.63) is 17.9 Å². The van der Waals surface area contributed by atoms with E-state index in [1.165, 1.54) is 24.1 Å². The first-order chi connectivity index (χ1) is 11.8. The lowest BCUT2D eigenvalue weighted by atomic mass is 10.1. The zero-order valence-electron chi connectivity index (χ0n) is 13.9. The van der Waals surface area contributed by atoms with Crippen LogP contribution in [0.25, 0.3) is 0 Å². The van der Waals surface area contributed by atoms with E-state index < -0.39 is 24.5 Å². The Balaban J connectivity index is 2.03. The second-order valence-electron chi connectivity index (χ2n) is 6.16. The standard InChI is InChI=1S/C16H19F4N3OS/c1-3-14-21-15-12(4-10(17)5-13(15)25-22-14)23-7-9(2)24-8-11(23)6-16(18,19)20/h4-5,9,11H,3,6-8H2,1-2H3,(H,21,22)/t9-,11-/m1/s1. The van der Waals surface area contributed by atoms with Crippen LogP contribution in [0, 0.1) is 5.82 Å². The Kier molecular flexibility index (Phi) is 5.15. The van der Waals surface area contributed by atoms with Gasteiger partial charge in [-0.1, -0.05) is 6.92 Å². The van der Waals surface area contributed by atoms with E-state index >= 15 is 0 Å². The van der Waals surface area contributed by atoms with Gasteiger partial charge in [-0.3, -0.25) is 0 Å². The number of hydrogen-bond donors (Lipinski definition) is 1. The molecule has 1 fully saturated rings. The van der Waals surface area contributed by atoms with Crippen LogP contribution in [-0.2, 0) is 4.74 Å². The summed E-state index contributed by atoms with van der Waals surface area (Å²) in [4.78, 5) is 6.65. The Morgan fingerprint density at radius 1 is 1.40 bits per heavy atom. The van der Waals surface area contributed by atoms with Crippen molar-refractivity contribution in [1.82, 2.24) is 4.72 Å². The summed E-state index contributed by atoms with van der Waals surface area (Å²) >= 11 is 1.23. The molecular weight excluding hydrogens is 358 g/mol. The maximum atomic E-state index is 14.1. The molecule has 2 aliphatic rings. The van der Waals surface area contributed by atoms with Gasteiger partial charge in [0.25, 0.3) is 0 Å². The molecule has 2 aliphatic heterocycles. The van der Waals surface area contributed by atoms with E-state index in [-0.39, 0.29) is 19.3 Å². The van der Waals surface area contributed by atoms with Crippen LogP contribution in [0.1, 0.15) is 26.7 Å². The number of nitrogens with one attached hydrogen (secondary N) is 1. The number of halogens is 4. The minimum absolute atomic E-state index is 0.0539. The number of rotatable bonds is 3.